The largest absolute Gasteiger partial charge is 0.458 e. The number of pyridine rings is 1. The maximum absolute atomic E-state index is 12.3. The number of aromatic nitrogens is 5. The molecule has 1 aliphatic rings. The summed E-state index contributed by atoms with van der Waals surface area (Å²) in [6.45, 7) is 1.93. The van der Waals surface area contributed by atoms with Crippen molar-refractivity contribution in [3.8, 4) is 11.5 Å². The highest BCUT2D eigenvalue weighted by Gasteiger charge is 2.30. The molecule has 4 aromatic heterocycles. The number of aryl methyl sites for hydroxylation is 1. The molecule has 0 bridgehead atoms. The van der Waals surface area contributed by atoms with Crippen molar-refractivity contribution >= 4 is 28.9 Å². The molecule has 1 fully saturated rings. The van der Waals surface area contributed by atoms with Crippen LogP contribution < -0.4 is 11.1 Å². The fourth-order valence-corrected chi connectivity index (χ4v) is 4.37. The van der Waals surface area contributed by atoms with Gasteiger partial charge in [0, 0.05) is 30.6 Å². The summed E-state index contributed by atoms with van der Waals surface area (Å²) in [5, 5.41) is 5.13. The number of hydrogen-bond donors (Lipinski definition) is 2. The Hall–Kier alpha value is -3.76. The van der Waals surface area contributed by atoms with Gasteiger partial charge in [-0.25, -0.2) is 29.7 Å². The van der Waals surface area contributed by atoms with Gasteiger partial charge in [0.1, 0.15) is 34.1 Å². The summed E-state index contributed by atoms with van der Waals surface area (Å²) in [5.74, 6) is 2.08. The minimum Gasteiger partial charge on any atom is -0.458 e. The van der Waals surface area contributed by atoms with Crippen molar-refractivity contribution in [2.75, 3.05) is 5.32 Å². The lowest BCUT2D eigenvalue weighted by Gasteiger charge is -2.31. The molecule has 0 saturated heterocycles. The number of thiophene rings is 1. The van der Waals surface area contributed by atoms with E-state index in [4.69, 9.17) is 10.5 Å². The summed E-state index contributed by atoms with van der Waals surface area (Å²) in [6.07, 6.45) is 5.26. The molecule has 0 aromatic carbocycles. The number of esters is 1. The van der Waals surface area contributed by atoms with Crippen molar-refractivity contribution < 1.29 is 9.53 Å². The summed E-state index contributed by atoms with van der Waals surface area (Å²) in [4.78, 5) is 35.2. The van der Waals surface area contributed by atoms with Gasteiger partial charge < -0.3 is 15.8 Å². The molecule has 0 spiro atoms. The molecule has 0 amide bonds. The maximum Gasteiger partial charge on any atom is 0.348 e. The highest BCUT2D eigenvalue weighted by Crippen LogP contribution is 2.25. The number of rotatable bonds is 7. The lowest BCUT2D eigenvalue weighted by Crippen LogP contribution is -2.42. The van der Waals surface area contributed by atoms with Crippen LogP contribution in [-0.4, -0.2) is 43.0 Å². The SMILES string of the molecule is Cc1cccc(-c2nccc(Nc3ccnc(Cc4csc(C(=O)OC5CC(N)C5)c4)n3)n2)n1. The zero-order valence-electron chi connectivity index (χ0n) is 18.5. The number of carbonyl (C=O) groups is 1. The van der Waals surface area contributed by atoms with E-state index >= 15 is 0 Å². The molecular formula is C24H23N7O2S. The average Bonchev–Trinajstić information content (AvgIpc) is 3.27. The lowest BCUT2D eigenvalue weighted by molar-refractivity contribution is 0.00374. The van der Waals surface area contributed by atoms with Gasteiger partial charge >= 0.3 is 5.97 Å². The van der Waals surface area contributed by atoms with E-state index in [-0.39, 0.29) is 18.1 Å². The molecule has 0 radical (unpaired) electrons. The molecule has 0 atom stereocenters. The van der Waals surface area contributed by atoms with Crippen LogP contribution in [0.25, 0.3) is 11.5 Å². The number of hydrogen-bond acceptors (Lipinski definition) is 10. The second-order valence-electron chi connectivity index (χ2n) is 8.17. The Balaban J connectivity index is 1.24. The monoisotopic (exact) mass is 473 g/mol. The summed E-state index contributed by atoms with van der Waals surface area (Å²) in [6, 6.07) is 11.3. The van der Waals surface area contributed by atoms with Crippen LogP contribution in [-0.2, 0) is 11.2 Å². The summed E-state index contributed by atoms with van der Waals surface area (Å²) < 4.78 is 5.47. The molecule has 9 nitrogen and oxygen atoms in total. The van der Waals surface area contributed by atoms with Crippen LogP contribution in [0.15, 0.2) is 54.2 Å². The Kier molecular flexibility index (Phi) is 6.24. The Morgan fingerprint density at radius 2 is 1.91 bits per heavy atom. The molecule has 34 heavy (non-hydrogen) atoms. The van der Waals surface area contributed by atoms with Gasteiger partial charge in [0.25, 0.3) is 0 Å². The first kappa shape index (κ1) is 22.1. The van der Waals surface area contributed by atoms with E-state index in [1.807, 2.05) is 36.6 Å². The first-order chi connectivity index (χ1) is 16.5. The minimum absolute atomic E-state index is 0.0665. The second kappa shape index (κ2) is 9.62. The fourth-order valence-electron chi connectivity index (χ4n) is 3.57. The number of nitrogens with zero attached hydrogens (tertiary/aromatic N) is 5. The van der Waals surface area contributed by atoms with E-state index in [2.05, 4.69) is 30.2 Å². The third kappa shape index (κ3) is 5.24. The van der Waals surface area contributed by atoms with Gasteiger partial charge in [-0.15, -0.1) is 11.3 Å². The molecule has 3 N–H and O–H groups in total. The average molecular weight is 474 g/mol. The number of nitrogens with two attached hydrogens (primary N) is 1. The molecular weight excluding hydrogens is 450 g/mol. The standard InChI is InChI=1S/C24H23N7O2S/c1-14-3-2-4-18(28-14)23-27-8-6-21(31-23)29-20-5-7-26-22(30-20)10-15-9-19(34-13-15)24(32)33-17-11-16(25)12-17/h2-9,13,16-17H,10-12,25H2,1H3,(H,26,27,29,30,31). The lowest BCUT2D eigenvalue weighted by atomic mass is 9.90. The van der Waals surface area contributed by atoms with Crippen molar-refractivity contribution in [1.82, 2.24) is 24.9 Å². The number of ether oxygens (including phenoxy) is 1. The van der Waals surface area contributed by atoms with E-state index < -0.39 is 0 Å². The second-order valence-corrected chi connectivity index (χ2v) is 9.08. The molecule has 5 rings (SSSR count). The molecule has 4 heterocycles. The number of carbonyl (C=O) groups excluding carboxylic acids is 1. The topological polar surface area (TPSA) is 129 Å². The molecule has 10 heteroatoms. The Labute approximate surface area is 200 Å². The van der Waals surface area contributed by atoms with Gasteiger partial charge in [0.05, 0.1) is 0 Å². The maximum atomic E-state index is 12.3. The molecule has 0 unspecified atom stereocenters. The van der Waals surface area contributed by atoms with Gasteiger partial charge in [-0.3, -0.25) is 0 Å². The Morgan fingerprint density at radius 3 is 2.71 bits per heavy atom. The molecule has 0 aliphatic heterocycles. The molecule has 1 aliphatic carbocycles. The summed E-state index contributed by atoms with van der Waals surface area (Å²) >= 11 is 1.36. The first-order valence-electron chi connectivity index (χ1n) is 10.9. The Morgan fingerprint density at radius 1 is 1.12 bits per heavy atom. The van der Waals surface area contributed by atoms with Crippen LogP contribution in [0, 0.1) is 6.92 Å². The highest BCUT2D eigenvalue weighted by atomic mass is 32.1. The van der Waals surface area contributed by atoms with E-state index in [0.29, 0.717) is 40.3 Å². The van der Waals surface area contributed by atoms with E-state index in [1.54, 1.807) is 24.5 Å². The van der Waals surface area contributed by atoms with Gasteiger partial charge in [-0.05, 0) is 61.0 Å². The third-order valence-electron chi connectivity index (χ3n) is 5.36. The fraction of sp³-hybridized carbons (Fsp3) is 0.250. The molecule has 1 saturated carbocycles. The van der Waals surface area contributed by atoms with Crippen molar-refractivity contribution in [1.29, 1.82) is 0 Å². The molecule has 4 aromatic rings. The van der Waals surface area contributed by atoms with Gasteiger partial charge in [-0.1, -0.05) is 6.07 Å². The highest BCUT2D eigenvalue weighted by molar-refractivity contribution is 7.12. The van der Waals surface area contributed by atoms with Gasteiger partial charge in [0.2, 0.25) is 0 Å². The summed E-state index contributed by atoms with van der Waals surface area (Å²) in [7, 11) is 0. The number of anilines is 2. The predicted octanol–water partition coefficient (Wildman–Crippen LogP) is 3.68. The van der Waals surface area contributed by atoms with E-state index in [0.717, 1.165) is 24.1 Å². The van der Waals surface area contributed by atoms with Crippen LogP contribution in [0.2, 0.25) is 0 Å². The third-order valence-corrected chi connectivity index (χ3v) is 6.32. The zero-order chi connectivity index (χ0) is 23.5. The zero-order valence-corrected chi connectivity index (χ0v) is 19.3. The van der Waals surface area contributed by atoms with Crippen molar-refractivity contribution in [2.45, 2.75) is 38.3 Å². The predicted molar refractivity (Wildman–Crippen MR) is 129 cm³/mol. The summed E-state index contributed by atoms with van der Waals surface area (Å²) in [5.41, 5.74) is 8.32. The van der Waals surface area contributed by atoms with Gasteiger partial charge in [-0.2, -0.15) is 0 Å². The van der Waals surface area contributed by atoms with Crippen LogP contribution in [0.4, 0.5) is 11.6 Å². The first-order valence-corrected chi connectivity index (χ1v) is 11.8. The Bertz CT molecular complexity index is 1320. The molecule has 172 valence electrons. The van der Waals surface area contributed by atoms with Gasteiger partial charge in [0.15, 0.2) is 5.82 Å². The van der Waals surface area contributed by atoms with Crippen LogP contribution >= 0.6 is 11.3 Å². The normalized spacial score (nSPS) is 17.1. The number of nitrogens with one attached hydrogen (secondary N) is 1. The van der Waals surface area contributed by atoms with E-state index in [9.17, 15) is 4.79 Å². The quantitative estimate of drug-likeness (QED) is 0.386. The van der Waals surface area contributed by atoms with Crippen LogP contribution in [0.5, 0.6) is 0 Å². The smallest absolute Gasteiger partial charge is 0.348 e. The van der Waals surface area contributed by atoms with Crippen LogP contribution in [0.1, 0.15) is 39.6 Å². The van der Waals surface area contributed by atoms with Crippen molar-refractivity contribution in [2.24, 2.45) is 5.73 Å². The van der Waals surface area contributed by atoms with Crippen LogP contribution in [0.3, 0.4) is 0 Å². The minimum atomic E-state index is -0.299. The van der Waals surface area contributed by atoms with Crippen molar-refractivity contribution in [3.63, 3.8) is 0 Å². The van der Waals surface area contributed by atoms with Crippen molar-refractivity contribution in [3.05, 3.63) is 76.1 Å². The van der Waals surface area contributed by atoms with E-state index in [1.165, 1.54) is 11.3 Å².